The Morgan fingerprint density at radius 1 is 0.563 bits per heavy atom. The molecule has 6 nitrogen and oxygen atoms in total. The van der Waals surface area contributed by atoms with Crippen molar-refractivity contribution in [2.45, 2.75) is 26.2 Å². The third-order valence-electron chi connectivity index (χ3n) is 12.9. The molecule has 0 radical (unpaired) electrons. The second-order valence-corrected chi connectivity index (χ2v) is 18.1. The Morgan fingerprint density at radius 2 is 1.17 bits per heavy atom. The summed E-state index contributed by atoms with van der Waals surface area (Å²) in [6, 6.07) is 50.7. The van der Waals surface area contributed by atoms with Crippen LogP contribution in [0.15, 0.2) is 218 Å². The fourth-order valence-electron chi connectivity index (χ4n) is 9.72. The summed E-state index contributed by atoms with van der Waals surface area (Å²) >= 11 is 0. The topological polar surface area (TPSA) is 40.8 Å². The van der Waals surface area contributed by atoms with Gasteiger partial charge >= 0.3 is 0 Å². The van der Waals surface area contributed by atoms with Crippen LogP contribution in [0.4, 0.5) is 0 Å². The second-order valence-electron chi connectivity index (χ2n) is 18.1. The van der Waals surface area contributed by atoms with Crippen LogP contribution in [0.25, 0.3) is 99.8 Å². The van der Waals surface area contributed by atoms with E-state index in [1.165, 1.54) is 0 Å². The van der Waals surface area contributed by atoms with Crippen LogP contribution in [0.2, 0.25) is 0 Å². The zero-order valence-corrected chi connectivity index (χ0v) is 40.7. The van der Waals surface area contributed by atoms with Crippen molar-refractivity contribution in [3.8, 4) is 56.6 Å². The molecule has 0 amide bonds. The number of imidazole rings is 1. The Bertz CT molecular complexity index is 4570. The molecule has 0 aliphatic heterocycles. The summed E-state index contributed by atoms with van der Waals surface area (Å²) in [5.74, 6) is 1.48. The van der Waals surface area contributed by atoms with Crippen molar-refractivity contribution in [3.63, 3.8) is 0 Å². The van der Waals surface area contributed by atoms with Crippen molar-refractivity contribution >= 4 is 54.6 Å². The standard InChI is InChI=1S/C64H45N5O.Pt/c1-64(2,3)45-37-38-65-61(39-45)69-60-41-48(35-36-53(60)54-29-18-34-59(63(54)69)68-55-30-12-10-25-51(55)52-26-11-13-31-56(52)68)70-47-24-16-23-46(40-47)66-42-67(58-33-15-14-32-57(58)66)62-49(43-19-6-4-7-20-43)27-17-28-50(62)44-21-8-5-9-22-44;/h4-39H,1-3H3;/q-2;/i4D,5D,6D,7D,8D,9D,19D,20D,21D,22D;. The van der Waals surface area contributed by atoms with Crippen molar-refractivity contribution in [2.24, 2.45) is 0 Å². The first-order valence-electron chi connectivity index (χ1n) is 27.9. The van der Waals surface area contributed by atoms with E-state index in [4.69, 9.17) is 23.4 Å². The van der Waals surface area contributed by atoms with Gasteiger partial charge in [-0.2, -0.15) is 18.2 Å². The number of aromatic nitrogens is 5. The van der Waals surface area contributed by atoms with E-state index in [2.05, 4.69) is 127 Å². The number of hydrogen-bond donors (Lipinski definition) is 0. The predicted molar refractivity (Wildman–Crippen MR) is 284 cm³/mol. The molecule has 0 aliphatic carbocycles. The van der Waals surface area contributed by atoms with E-state index in [0.717, 1.165) is 60.7 Å². The smallest absolute Gasteiger partial charge is 0.268 e. The molecular formula is C64H45N5OPt-2. The van der Waals surface area contributed by atoms with Crippen LogP contribution >= 0.6 is 0 Å². The molecule has 0 bridgehead atoms. The molecule has 0 unspecified atom stereocenters. The Kier molecular flexibility index (Phi) is 8.43. The van der Waals surface area contributed by atoms with E-state index in [1.54, 1.807) is 33.4 Å². The van der Waals surface area contributed by atoms with Crippen molar-refractivity contribution in [2.75, 3.05) is 0 Å². The number of para-hydroxylation sites is 6. The number of nitrogens with zero attached hydrogens (tertiary/aromatic N) is 5. The minimum Gasteiger partial charge on any atom is -0.510 e. The van der Waals surface area contributed by atoms with E-state index in [1.807, 2.05) is 54.7 Å². The monoisotopic (exact) mass is 1100 g/mol. The third kappa shape index (κ3) is 7.46. The van der Waals surface area contributed by atoms with Gasteiger partial charge in [-0.25, -0.2) is 4.98 Å². The summed E-state index contributed by atoms with van der Waals surface area (Å²) in [5.41, 5.74) is 7.52. The molecular weight excluding hydrogens is 1050 g/mol. The van der Waals surface area contributed by atoms with Gasteiger partial charge in [0.2, 0.25) is 0 Å². The first-order chi connectivity index (χ1) is 38.5. The Labute approximate surface area is 440 Å². The molecule has 9 aromatic carbocycles. The first kappa shape index (κ1) is 34.1. The predicted octanol–water partition coefficient (Wildman–Crippen LogP) is 15.3. The van der Waals surface area contributed by atoms with Crippen molar-refractivity contribution < 1.29 is 44.1 Å². The van der Waals surface area contributed by atoms with Crippen LogP contribution in [0.5, 0.6) is 11.5 Å². The van der Waals surface area contributed by atoms with Gasteiger partial charge in [0.1, 0.15) is 5.82 Å². The summed E-state index contributed by atoms with van der Waals surface area (Å²) in [6.07, 6.45) is 5.29. The maximum atomic E-state index is 9.07. The van der Waals surface area contributed by atoms with Crippen LogP contribution < -0.4 is 9.30 Å². The summed E-state index contributed by atoms with van der Waals surface area (Å²) in [4.78, 5) is 5.03. The minimum atomic E-state index is -0.576. The van der Waals surface area contributed by atoms with Gasteiger partial charge in [-0.3, -0.25) is 4.57 Å². The quantitative estimate of drug-likeness (QED) is 0.112. The van der Waals surface area contributed by atoms with Gasteiger partial charge in [0, 0.05) is 49.5 Å². The van der Waals surface area contributed by atoms with Gasteiger partial charge in [-0.15, -0.1) is 29.7 Å². The SMILES string of the molecule is [2H]c1c([2H])c([2H])c(-c2cccc(-c3c([2H])c([2H])c([2H])c([2H])c3[2H])c2-[n+]2[c-]n(-c3[c-]c(Oc4[c-]c5c(cc4)c4cccc(-n6c7ccccc7c7ccccc76)c4n5-c4cc(C(C)(C)C)ccn4)ccc3)c3ccccc32)c([2H])c1[2H].[Pt]. The van der Waals surface area contributed by atoms with E-state index >= 15 is 0 Å². The summed E-state index contributed by atoms with van der Waals surface area (Å²) < 4.78 is 102. The third-order valence-corrected chi connectivity index (χ3v) is 12.9. The Balaban J connectivity index is 0.00000651. The molecule has 0 saturated heterocycles. The number of ether oxygens (including phenoxy) is 1. The fraction of sp³-hybridized carbons (Fsp3) is 0.0625. The van der Waals surface area contributed by atoms with Crippen molar-refractivity contribution in [1.82, 2.24) is 18.7 Å². The molecule has 0 spiro atoms. The Hall–Kier alpha value is -8.31. The first-order valence-corrected chi connectivity index (χ1v) is 22.9. The molecule has 344 valence electrons. The molecule has 13 rings (SSSR count). The van der Waals surface area contributed by atoms with Crippen LogP contribution in [0.3, 0.4) is 0 Å². The van der Waals surface area contributed by atoms with Gasteiger partial charge in [-0.05, 0) is 74.6 Å². The summed E-state index contributed by atoms with van der Waals surface area (Å²) in [7, 11) is 0. The number of rotatable bonds is 8. The molecule has 4 heterocycles. The second kappa shape index (κ2) is 17.6. The van der Waals surface area contributed by atoms with Crippen LogP contribution in [-0.2, 0) is 26.5 Å². The molecule has 0 N–H and O–H groups in total. The number of fused-ring (bicyclic) bond motifs is 7. The van der Waals surface area contributed by atoms with Gasteiger partial charge in [-0.1, -0.05) is 178 Å². The van der Waals surface area contributed by atoms with E-state index in [-0.39, 0.29) is 54.4 Å². The normalized spacial score (nSPS) is 13.7. The average molecular weight is 1110 g/mol. The van der Waals surface area contributed by atoms with Crippen molar-refractivity contribution in [1.29, 1.82) is 0 Å². The average Bonchev–Trinajstić information content (AvgIpc) is 4.33. The summed E-state index contributed by atoms with van der Waals surface area (Å²) in [5, 5.41) is 4.24. The summed E-state index contributed by atoms with van der Waals surface area (Å²) in [6.45, 7) is 6.55. The number of pyridine rings is 1. The molecule has 0 aliphatic rings. The number of benzene rings is 9. The molecule has 0 atom stereocenters. The fourth-order valence-corrected chi connectivity index (χ4v) is 9.72. The Morgan fingerprint density at radius 3 is 1.86 bits per heavy atom. The number of hydrogen-bond acceptors (Lipinski definition) is 2. The molecule has 7 heteroatoms. The molecule has 0 saturated carbocycles. The molecule has 71 heavy (non-hydrogen) atoms. The van der Waals surface area contributed by atoms with E-state index in [0.29, 0.717) is 28.2 Å². The van der Waals surface area contributed by atoms with Gasteiger partial charge in [0.15, 0.2) is 0 Å². The van der Waals surface area contributed by atoms with Crippen LogP contribution in [-0.4, -0.2) is 18.7 Å². The zero-order chi connectivity index (χ0) is 55.6. The van der Waals surface area contributed by atoms with Crippen LogP contribution in [0, 0.1) is 18.5 Å². The zero-order valence-electron chi connectivity index (χ0n) is 48.5. The molecule has 0 fully saturated rings. The van der Waals surface area contributed by atoms with Gasteiger partial charge < -0.3 is 18.4 Å². The van der Waals surface area contributed by atoms with Crippen LogP contribution in [0.1, 0.15) is 40.0 Å². The van der Waals surface area contributed by atoms with E-state index in [9.17, 15) is 0 Å². The molecule has 4 aromatic heterocycles. The maximum Gasteiger partial charge on any atom is 0.268 e. The van der Waals surface area contributed by atoms with Crippen molar-refractivity contribution in [3.05, 3.63) is 242 Å². The maximum absolute atomic E-state index is 9.07. The minimum absolute atomic E-state index is 0. The van der Waals surface area contributed by atoms with E-state index < -0.39 is 60.4 Å². The largest absolute Gasteiger partial charge is 0.510 e. The van der Waals surface area contributed by atoms with Gasteiger partial charge in [0.05, 0.1) is 52.7 Å². The van der Waals surface area contributed by atoms with Gasteiger partial charge in [0.25, 0.3) is 6.33 Å². The molecule has 13 aromatic rings.